The molecule has 0 N–H and O–H groups in total. The molecule has 62 heavy (non-hydrogen) atoms. The highest BCUT2D eigenvalue weighted by atomic mass is 32.1. The fraction of sp³-hybridized carbons (Fsp3) is 0. The van der Waals surface area contributed by atoms with E-state index in [0.29, 0.717) is 0 Å². The lowest BCUT2D eigenvalue weighted by atomic mass is 9.90. The molecule has 0 fully saturated rings. The molecule has 4 aromatic heterocycles. The lowest BCUT2D eigenvalue weighted by Crippen LogP contribution is -2.00. The van der Waals surface area contributed by atoms with Gasteiger partial charge in [0.05, 0.1) is 45.5 Å². The van der Waals surface area contributed by atoms with E-state index in [4.69, 9.17) is 37.4 Å². The monoisotopic (exact) mass is 826 g/mol. The summed E-state index contributed by atoms with van der Waals surface area (Å²) in [6, 6.07) is 54.4. The zero-order chi connectivity index (χ0) is 40.5. The summed E-state index contributed by atoms with van der Waals surface area (Å²) in [5.74, 6) is 0. The van der Waals surface area contributed by atoms with Crippen LogP contribution < -0.4 is 0 Å². The van der Waals surface area contributed by atoms with Crippen LogP contribution in [0.4, 0.5) is 0 Å². The molecule has 8 nitrogen and oxygen atoms in total. The second kappa shape index (κ2) is 12.8. The van der Waals surface area contributed by atoms with Gasteiger partial charge in [0, 0.05) is 54.6 Å². The molecule has 0 saturated carbocycles. The maximum atomic E-state index is 5.70. The second-order valence-electron chi connectivity index (χ2n) is 15.6. The first kappa shape index (κ1) is 33.9. The van der Waals surface area contributed by atoms with E-state index in [-0.39, 0.29) is 0 Å². The van der Waals surface area contributed by atoms with Crippen molar-refractivity contribution < 1.29 is 0 Å². The van der Waals surface area contributed by atoms with Gasteiger partial charge in [-0.25, -0.2) is 19.9 Å². The van der Waals surface area contributed by atoms with Crippen LogP contribution in [-0.2, 0) is 0 Å². The average molecular weight is 827 g/mol. The van der Waals surface area contributed by atoms with Crippen LogP contribution in [-0.4, -0.2) is 37.4 Å². The molecule has 0 radical (unpaired) electrons. The molecule has 0 unspecified atom stereocenters. The van der Waals surface area contributed by atoms with Crippen LogP contribution in [0.3, 0.4) is 0 Å². The molecule has 0 spiro atoms. The number of hydrogen-bond acceptors (Lipinski definition) is 10. The maximum Gasteiger partial charge on any atom is 0.115 e. The SMILES string of the molecule is c1ccc(-c2c3nsnc3c(-c3ccccc3)c3nc4c5cccc6c7nc8c(-c9ccccc9)c9nsnc9c(-c9ccccc9)c8nc7c7cccc(c4nc23)c7c56)cc1. The molecule has 10 aromatic carbocycles. The van der Waals surface area contributed by atoms with Crippen LogP contribution in [0.25, 0.3) is 143 Å². The first-order chi connectivity index (χ1) is 30.8. The van der Waals surface area contributed by atoms with Crippen LogP contribution >= 0.6 is 23.5 Å². The summed E-state index contributed by atoms with van der Waals surface area (Å²) in [5, 5.41) is 6.18. The van der Waals surface area contributed by atoms with Gasteiger partial charge in [0.15, 0.2) is 0 Å². The number of benzene rings is 10. The Labute approximate surface area is 359 Å². The van der Waals surface area contributed by atoms with E-state index in [1.54, 1.807) is 0 Å². The van der Waals surface area contributed by atoms with Crippen LogP contribution in [0, 0.1) is 0 Å². The van der Waals surface area contributed by atoms with Gasteiger partial charge >= 0.3 is 0 Å². The third-order valence-corrected chi connectivity index (χ3v) is 13.4. The van der Waals surface area contributed by atoms with E-state index < -0.39 is 0 Å². The van der Waals surface area contributed by atoms with Crippen LogP contribution in [0.15, 0.2) is 158 Å². The lowest BCUT2D eigenvalue weighted by molar-refractivity contribution is 1.41. The highest BCUT2D eigenvalue weighted by molar-refractivity contribution is 7.00. The van der Waals surface area contributed by atoms with Crippen molar-refractivity contribution in [2.75, 3.05) is 0 Å². The predicted molar refractivity (Wildman–Crippen MR) is 255 cm³/mol. The van der Waals surface area contributed by atoms with Crippen molar-refractivity contribution >= 4 is 122 Å². The molecule has 0 bridgehead atoms. The molecule has 286 valence electrons. The maximum absolute atomic E-state index is 5.70. The third-order valence-electron chi connectivity index (χ3n) is 12.3. The zero-order valence-corrected chi connectivity index (χ0v) is 34.0. The Kier molecular flexibility index (Phi) is 6.99. The number of aromatic nitrogens is 8. The molecular weight excluding hydrogens is 801 g/mol. The number of rotatable bonds is 4. The van der Waals surface area contributed by atoms with Gasteiger partial charge in [0.1, 0.15) is 44.1 Å². The van der Waals surface area contributed by atoms with Crippen molar-refractivity contribution in [3.05, 3.63) is 158 Å². The van der Waals surface area contributed by atoms with Gasteiger partial charge in [-0.05, 0) is 22.3 Å². The van der Waals surface area contributed by atoms with Crippen molar-refractivity contribution in [2.24, 2.45) is 0 Å². The molecule has 10 heteroatoms. The summed E-state index contributed by atoms with van der Waals surface area (Å²) in [6.07, 6.45) is 0. The fourth-order valence-electron chi connectivity index (χ4n) is 9.75. The van der Waals surface area contributed by atoms with Crippen molar-refractivity contribution in [3.63, 3.8) is 0 Å². The van der Waals surface area contributed by atoms with Gasteiger partial charge in [0.2, 0.25) is 0 Å². The summed E-state index contributed by atoms with van der Waals surface area (Å²) in [5.41, 5.74) is 17.5. The quantitative estimate of drug-likeness (QED) is 0.128. The normalized spacial score (nSPS) is 12.2. The summed E-state index contributed by atoms with van der Waals surface area (Å²) in [6.45, 7) is 0. The minimum Gasteiger partial charge on any atom is -0.243 e. The van der Waals surface area contributed by atoms with Gasteiger partial charge in [-0.15, -0.1) is 0 Å². The summed E-state index contributed by atoms with van der Waals surface area (Å²) in [7, 11) is 0. The van der Waals surface area contributed by atoms with E-state index in [1.165, 1.54) is 23.5 Å². The van der Waals surface area contributed by atoms with E-state index in [1.807, 2.05) is 24.3 Å². The summed E-state index contributed by atoms with van der Waals surface area (Å²) < 4.78 is 19.7. The molecule has 0 atom stereocenters. The Morgan fingerprint density at radius 1 is 0.226 bits per heavy atom. The molecule has 0 saturated heterocycles. The smallest absolute Gasteiger partial charge is 0.115 e. The molecule has 0 aliphatic carbocycles. The van der Waals surface area contributed by atoms with Gasteiger partial charge in [0.25, 0.3) is 0 Å². The van der Waals surface area contributed by atoms with Crippen molar-refractivity contribution in [3.8, 4) is 44.5 Å². The number of nitrogens with zero attached hydrogens (tertiary/aromatic N) is 8. The van der Waals surface area contributed by atoms with Crippen LogP contribution in [0.1, 0.15) is 0 Å². The van der Waals surface area contributed by atoms with Gasteiger partial charge in [-0.2, -0.15) is 17.5 Å². The highest BCUT2D eigenvalue weighted by Gasteiger charge is 2.28. The first-order valence-corrected chi connectivity index (χ1v) is 21.8. The Morgan fingerprint density at radius 2 is 0.468 bits per heavy atom. The highest BCUT2D eigenvalue weighted by Crippen LogP contribution is 2.48. The van der Waals surface area contributed by atoms with Crippen molar-refractivity contribution in [1.82, 2.24) is 37.4 Å². The van der Waals surface area contributed by atoms with Crippen LogP contribution in [0.5, 0.6) is 0 Å². The molecule has 4 heterocycles. The van der Waals surface area contributed by atoms with Gasteiger partial charge in [-0.1, -0.05) is 158 Å². The molecule has 0 aliphatic heterocycles. The standard InChI is InChI=1S/C52H26N8S2/c1-5-15-27(16-6-1)35-45-46(36(28-17-7-2-8-18-28)50-49(35)57-61-58-50)54-42-32-24-14-26-34-40(32)39-31(41(42)53-45)23-13-25-33(39)43-44(34)56-48-38(30-21-11-4-12-22-30)52-51(59-62-60-52)37(47(48)55-43)29-19-9-3-10-20-29/h1-26H. The largest absolute Gasteiger partial charge is 0.243 e. The molecular formula is C52H26N8S2. The van der Waals surface area contributed by atoms with E-state index in [2.05, 4.69) is 133 Å². The van der Waals surface area contributed by atoms with Crippen LogP contribution in [0.2, 0.25) is 0 Å². The molecule has 0 amide bonds. The number of hydrogen-bond donors (Lipinski definition) is 0. The second-order valence-corrected chi connectivity index (χ2v) is 16.6. The van der Waals surface area contributed by atoms with E-state index >= 15 is 0 Å². The Hall–Kier alpha value is -7.92. The molecule has 0 aliphatic rings. The predicted octanol–water partition coefficient (Wildman–Crippen LogP) is 13.5. The topological polar surface area (TPSA) is 103 Å². The Bertz CT molecular complexity index is 3610. The molecule has 14 rings (SSSR count). The minimum absolute atomic E-state index is 0.787. The van der Waals surface area contributed by atoms with Crippen molar-refractivity contribution in [2.45, 2.75) is 0 Å². The van der Waals surface area contributed by atoms with E-state index in [9.17, 15) is 0 Å². The summed E-state index contributed by atoms with van der Waals surface area (Å²) >= 11 is 2.44. The fourth-order valence-corrected chi connectivity index (χ4v) is 10.9. The first-order valence-electron chi connectivity index (χ1n) is 20.3. The van der Waals surface area contributed by atoms with E-state index in [0.717, 1.165) is 143 Å². The third kappa shape index (κ3) is 4.59. The Morgan fingerprint density at radius 3 is 0.710 bits per heavy atom. The van der Waals surface area contributed by atoms with Crippen molar-refractivity contribution in [1.29, 1.82) is 0 Å². The molecule has 14 aromatic rings. The zero-order valence-electron chi connectivity index (χ0n) is 32.4. The van der Waals surface area contributed by atoms with Gasteiger partial charge < -0.3 is 0 Å². The van der Waals surface area contributed by atoms with Gasteiger partial charge in [-0.3, -0.25) is 0 Å². The lowest BCUT2D eigenvalue weighted by Gasteiger charge is -2.19. The Balaban J connectivity index is 1.19. The number of fused-ring (bicyclic) bond motifs is 10. The minimum atomic E-state index is 0.787. The summed E-state index contributed by atoms with van der Waals surface area (Å²) in [4.78, 5) is 22.8. The average Bonchev–Trinajstić information content (AvgIpc) is 4.03.